The van der Waals surface area contributed by atoms with Crippen molar-refractivity contribution in [3.8, 4) is 5.75 Å². The summed E-state index contributed by atoms with van der Waals surface area (Å²) in [6.45, 7) is 4.52. The van der Waals surface area contributed by atoms with Gasteiger partial charge in [0.15, 0.2) is 0 Å². The Labute approximate surface area is 148 Å². The van der Waals surface area contributed by atoms with Crippen LogP contribution in [-0.4, -0.2) is 28.2 Å². The molecule has 5 nitrogen and oxygen atoms in total. The van der Waals surface area contributed by atoms with Crippen molar-refractivity contribution in [2.45, 2.75) is 38.3 Å². The molecule has 5 heteroatoms. The van der Waals surface area contributed by atoms with E-state index in [-0.39, 0.29) is 16.9 Å². The molecule has 0 aliphatic carbocycles. The molecule has 2 aromatic carbocycles. The topological polar surface area (TPSA) is 95.6 Å². The van der Waals surface area contributed by atoms with Crippen LogP contribution in [0.4, 0.5) is 0 Å². The number of aliphatic hydroxyl groups is 1. The molecule has 0 heterocycles. The lowest BCUT2D eigenvalue weighted by atomic mass is 9.94. The van der Waals surface area contributed by atoms with E-state index in [1.54, 1.807) is 6.07 Å². The number of hydrogen-bond donors (Lipinski definition) is 4. The van der Waals surface area contributed by atoms with Gasteiger partial charge in [0.2, 0.25) is 0 Å². The molecule has 0 saturated heterocycles. The number of hydrogen-bond acceptors (Lipinski definition) is 4. The van der Waals surface area contributed by atoms with Crippen molar-refractivity contribution in [1.29, 1.82) is 0 Å². The van der Waals surface area contributed by atoms with Gasteiger partial charge in [0.05, 0.1) is 11.7 Å². The molecule has 0 bridgehead atoms. The first-order chi connectivity index (χ1) is 11.8. The highest BCUT2D eigenvalue weighted by atomic mass is 16.3. The van der Waals surface area contributed by atoms with Gasteiger partial charge in [0, 0.05) is 12.1 Å². The quantitative estimate of drug-likeness (QED) is 0.593. The van der Waals surface area contributed by atoms with Crippen LogP contribution in [0.15, 0.2) is 48.5 Å². The maximum atomic E-state index is 11.3. The normalized spacial score (nSPS) is 12.8. The predicted octanol–water partition coefficient (Wildman–Crippen LogP) is 2.53. The summed E-state index contributed by atoms with van der Waals surface area (Å²) in [5.41, 5.74) is 6.91. The van der Waals surface area contributed by atoms with Gasteiger partial charge in [0.25, 0.3) is 5.91 Å². The van der Waals surface area contributed by atoms with Gasteiger partial charge in [-0.3, -0.25) is 4.79 Å². The van der Waals surface area contributed by atoms with Crippen LogP contribution < -0.4 is 11.1 Å². The summed E-state index contributed by atoms with van der Waals surface area (Å²) in [6.07, 6.45) is 1.07. The average Bonchev–Trinajstić information content (AvgIpc) is 2.59. The summed E-state index contributed by atoms with van der Waals surface area (Å²) in [5, 5.41) is 23.4. The predicted molar refractivity (Wildman–Crippen MR) is 98.4 cm³/mol. The Morgan fingerprint density at radius 1 is 1.20 bits per heavy atom. The molecule has 1 amide bonds. The minimum atomic E-state index is -0.797. The summed E-state index contributed by atoms with van der Waals surface area (Å²) in [5.74, 6) is -0.901. The molecule has 134 valence electrons. The number of aliphatic hydroxyl groups excluding tert-OH is 1. The van der Waals surface area contributed by atoms with Gasteiger partial charge in [-0.05, 0) is 49.9 Å². The van der Waals surface area contributed by atoms with Crippen LogP contribution in [0.3, 0.4) is 0 Å². The minimum Gasteiger partial charge on any atom is -0.507 e. The van der Waals surface area contributed by atoms with Crippen molar-refractivity contribution < 1.29 is 15.0 Å². The molecule has 0 aliphatic rings. The lowest BCUT2D eigenvalue weighted by Gasteiger charge is -2.28. The van der Waals surface area contributed by atoms with Crippen LogP contribution in [0.25, 0.3) is 0 Å². The van der Waals surface area contributed by atoms with Crippen molar-refractivity contribution in [2.24, 2.45) is 5.73 Å². The molecular formula is C20H26N2O3. The van der Waals surface area contributed by atoms with Crippen molar-refractivity contribution >= 4 is 5.91 Å². The van der Waals surface area contributed by atoms with Crippen LogP contribution in [0.5, 0.6) is 5.75 Å². The van der Waals surface area contributed by atoms with Gasteiger partial charge in [-0.25, -0.2) is 0 Å². The van der Waals surface area contributed by atoms with E-state index in [0.29, 0.717) is 12.1 Å². The van der Waals surface area contributed by atoms with E-state index < -0.39 is 12.0 Å². The Bertz CT molecular complexity index is 714. The van der Waals surface area contributed by atoms with E-state index in [2.05, 4.69) is 31.3 Å². The molecule has 0 aromatic heterocycles. The number of rotatable bonds is 8. The SMILES string of the molecule is CC(C)(CCc1ccccc1)NC[C@@H](O)c1ccc(O)c(C(N)=O)c1. The molecule has 25 heavy (non-hydrogen) atoms. The van der Waals surface area contributed by atoms with Crippen LogP contribution >= 0.6 is 0 Å². The molecule has 0 aliphatic heterocycles. The maximum absolute atomic E-state index is 11.3. The molecule has 2 aromatic rings. The van der Waals surface area contributed by atoms with Crippen molar-refractivity contribution in [1.82, 2.24) is 5.32 Å². The van der Waals surface area contributed by atoms with Gasteiger partial charge < -0.3 is 21.3 Å². The van der Waals surface area contributed by atoms with Crippen LogP contribution in [-0.2, 0) is 6.42 Å². The Kier molecular flexibility index (Phi) is 6.17. The highest BCUT2D eigenvalue weighted by Crippen LogP contribution is 2.23. The summed E-state index contributed by atoms with van der Waals surface area (Å²) in [7, 11) is 0. The number of nitrogens with two attached hydrogens (primary N) is 1. The first-order valence-electron chi connectivity index (χ1n) is 8.38. The first-order valence-corrected chi connectivity index (χ1v) is 8.38. The highest BCUT2D eigenvalue weighted by Gasteiger charge is 2.20. The van der Waals surface area contributed by atoms with Gasteiger partial charge in [-0.15, -0.1) is 0 Å². The number of aromatic hydroxyl groups is 1. The van der Waals surface area contributed by atoms with E-state index in [9.17, 15) is 15.0 Å². The summed E-state index contributed by atoms with van der Waals surface area (Å²) in [4.78, 5) is 11.3. The van der Waals surface area contributed by atoms with Gasteiger partial charge in [-0.1, -0.05) is 36.4 Å². The monoisotopic (exact) mass is 342 g/mol. The van der Waals surface area contributed by atoms with E-state index in [1.165, 1.54) is 17.7 Å². The zero-order chi connectivity index (χ0) is 18.4. The molecule has 0 spiro atoms. The summed E-state index contributed by atoms with van der Waals surface area (Å²) in [6, 6.07) is 14.7. The van der Waals surface area contributed by atoms with Crippen molar-refractivity contribution in [3.63, 3.8) is 0 Å². The van der Waals surface area contributed by atoms with Crippen LogP contribution in [0, 0.1) is 0 Å². The van der Waals surface area contributed by atoms with E-state index >= 15 is 0 Å². The number of phenols is 1. The molecule has 5 N–H and O–H groups in total. The van der Waals surface area contributed by atoms with Gasteiger partial charge in [-0.2, -0.15) is 0 Å². The van der Waals surface area contributed by atoms with Crippen molar-refractivity contribution in [3.05, 3.63) is 65.2 Å². The largest absolute Gasteiger partial charge is 0.507 e. The fourth-order valence-electron chi connectivity index (χ4n) is 2.64. The molecular weight excluding hydrogens is 316 g/mol. The lowest BCUT2D eigenvalue weighted by molar-refractivity contribution is 0.0997. The molecule has 2 rings (SSSR count). The van der Waals surface area contributed by atoms with E-state index in [0.717, 1.165) is 12.8 Å². The number of carbonyl (C=O) groups is 1. The van der Waals surface area contributed by atoms with Crippen LogP contribution in [0.2, 0.25) is 0 Å². The molecule has 0 fully saturated rings. The third-order valence-corrected chi connectivity index (χ3v) is 4.33. The number of carbonyl (C=O) groups excluding carboxylic acids is 1. The lowest BCUT2D eigenvalue weighted by Crippen LogP contribution is -2.42. The van der Waals surface area contributed by atoms with Crippen molar-refractivity contribution in [2.75, 3.05) is 6.54 Å². The second kappa shape index (κ2) is 8.14. The summed E-state index contributed by atoms with van der Waals surface area (Å²) >= 11 is 0. The standard InChI is InChI=1S/C20H26N2O3/c1-20(2,11-10-14-6-4-3-5-7-14)22-13-18(24)15-8-9-17(23)16(12-15)19(21)25/h3-9,12,18,22-24H,10-11,13H2,1-2H3,(H2,21,25)/t18-/m1/s1. The zero-order valence-corrected chi connectivity index (χ0v) is 14.7. The second-order valence-electron chi connectivity index (χ2n) is 6.91. The molecule has 0 radical (unpaired) electrons. The number of nitrogens with one attached hydrogen (secondary N) is 1. The number of aryl methyl sites for hydroxylation is 1. The Morgan fingerprint density at radius 2 is 1.88 bits per heavy atom. The maximum Gasteiger partial charge on any atom is 0.252 e. The highest BCUT2D eigenvalue weighted by molar-refractivity contribution is 5.95. The fraction of sp³-hybridized carbons (Fsp3) is 0.350. The average molecular weight is 342 g/mol. The zero-order valence-electron chi connectivity index (χ0n) is 14.7. The van der Waals surface area contributed by atoms with Gasteiger partial charge >= 0.3 is 0 Å². The Morgan fingerprint density at radius 3 is 2.52 bits per heavy atom. The molecule has 1 atom stereocenters. The number of benzene rings is 2. The number of β-amino-alcohol motifs (C(OH)–C–C–N with tert-alkyl or cyclic N) is 1. The third-order valence-electron chi connectivity index (χ3n) is 4.33. The van der Waals surface area contributed by atoms with Gasteiger partial charge in [0.1, 0.15) is 5.75 Å². The number of amides is 1. The third kappa shape index (κ3) is 5.59. The number of primary amides is 1. The van der Waals surface area contributed by atoms with E-state index in [1.807, 2.05) is 18.2 Å². The smallest absolute Gasteiger partial charge is 0.252 e. The summed E-state index contributed by atoms with van der Waals surface area (Å²) < 4.78 is 0. The Hall–Kier alpha value is -2.37. The second-order valence-corrected chi connectivity index (χ2v) is 6.91. The Balaban J connectivity index is 1.93. The first kappa shape index (κ1) is 19.0. The van der Waals surface area contributed by atoms with E-state index in [4.69, 9.17) is 5.73 Å². The fourth-order valence-corrected chi connectivity index (χ4v) is 2.64. The van der Waals surface area contributed by atoms with Crippen LogP contribution in [0.1, 0.15) is 47.9 Å². The molecule has 0 unspecified atom stereocenters. The molecule has 0 saturated carbocycles. The minimum absolute atomic E-state index is 0.0138.